The zero-order chi connectivity index (χ0) is 16.0. The molecule has 0 saturated carbocycles. The first kappa shape index (κ1) is 15.0. The maximum Gasteiger partial charge on any atom is 0.227 e. The van der Waals surface area contributed by atoms with E-state index in [9.17, 15) is 13.2 Å². The van der Waals surface area contributed by atoms with Crippen molar-refractivity contribution in [2.45, 2.75) is 31.7 Å². The van der Waals surface area contributed by atoms with Crippen LogP contribution in [0.4, 0.5) is 11.4 Å². The molecular weight excluding hydrogens is 312 g/mol. The molecule has 5 nitrogen and oxygen atoms in total. The van der Waals surface area contributed by atoms with Crippen molar-refractivity contribution in [3.8, 4) is 0 Å². The van der Waals surface area contributed by atoms with Gasteiger partial charge in [0.25, 0.3) is 0 Å². The molecule has 124 valence electrons. The van der Waals surface area contributed by atoms with Crippen LogP contribution in [0.3, 0.4) is 0 Å². The Hall–Kier alpha value is -1.56. The number of amides is 1. The quantitative estimate of drug-likeness (QED) is 0.828. The Kier molecular flexibility index (Phi) is 3.59. The largest absolute Gasteiger partial charge is 0.372 e. The highest BCUT2D eigenvalue weighted by atomic mass is 32.2. The summed E-state index contributed by atoms with van der Waals surface area (Å²) in [5.41, 5.74) is 2.02. The molecule has 3 heterocycles. The standard InChI is InChI=1S/C17H22N2O3S/c20-17-10-13-11-23(21,22)12-16(13)19(17)15-6-4-14(5-7-15)18-8-2-1-3-9-18/h4-7,13,16H,1-3,8-12H2/t13-,16+/m0/s1. The van der Waals surface area contributed by atoms with Crippen LogP contribution in [0.1, 0.15) is 25.7 Å². The Morgan fingerprint density at radius 3 is 2.26 bits per heavy atom. The molecule has 0 radical (unpaired) electrons. The van der Waals surface area contributed by atoms with E-state index in [-0.39, 0.29) is 29.4 Å². The van der Waals surface area contributed by atoms with E-state index >= 15 is 0 Å². The first-order chi connectivity index (χ1) is 11.0. The fourth-order valence-corrected chi connectivity index (χ4v) is 6.27. The van der Waals surface area contributed by atoms with Gasteiger partial charge >= 0.3 is 0 Å². The third-order valence-electron chi connectivity index (χ3n) is 5.32. The van der Waals surface area contributed by atoms with Gasteiger partial charge < -0.3 is 9.80 Å². The Labute approximate surface area is 137 Å². The van der Waals surface area contributed by atoms with Gasteiger partial charge in [-0.15, -0.1) is 0 Å². The number of piperidine rings is 1. The summed E-state index contributed by atoms with van der Waals surface area (Å²) in [5.74, 6) is 0.290. The number of benzene rings is 1. The third kappa shape index (κ3) is 2.73. The molecule has 6 heteroatoms. The molecule has 0 bridgehead atoms. The molecule has 4 rings (SSSR count). The van der Waals surface area contributed by atoms with Crippen molar-refractivity contribution in [1.29, 1.82) is 0 Å². The van der Waals surface area contributed by atoms with Crippen molar-refractivity contribution in [1.82, 2.24) is 0 Å². The van der Waals surface area contributed by atoms with E-state index < -0.39 is 9.84 Å². The maximum atomic E-state index is 12.3. The van der Waals surface area contributed by atoms with Crippen LogP contribution in [-0.4, -0.2) is 45.0 Å². The number of anilines is 2. The molecule has 0 aromatic heterocycles. The highest BCUT2D eigenvalue weighted by Crippen LogP contribution is 2.37. The van der Waals surface area contributed by atoms with Gasteiger partial charge in [-0.25, -0.2) is 8.42 Å². The molecule has 0 spiro atoms. The second kappa shape index (κ2) is 5.51. The average molecular weight is 334 g/mol. The monoisotopic (exact) mass is 334 g/mol. The number of nitrogens with zero attached hydrogens (tertiary/aromatic N) is 2. The van der Waals surface area contributed by atoms with E-state index in [1.54, 1.807) is 4.90 Å². The van der Waals surface area contributed by atoms with Crippen molar-refractivity contribution >= 4 is 27.1 Å². The summed E-state index contributed by atoms with van der Waals surface area (Å²) in [7, 11) is -3.00. The van der Waals surface area contributed by atoms with Crippen molar-refractivity contribution in [2.24, 2.45) is 5.92 Å². The molecule has 1 amide bonds. The first-order valence-corrected chi connectivity index (χ1v) is 10.2. The summed E-state index contributed by atoms with van der Waals surface area (Å²) >= 11 is 0. The van der Waals surface area contributed by atoms with E-state index in [2.05, 4.69) is 17.0 Å². The van der Waals surface area contributed by atoms with Crippen LogP contribution in [0.15, 0.2) is 24.3 Å². The second-order valence-electron chi connectivity index (χ2n) is 6.94. The lowest BCUT2D eigenvalue weighted by Gasteiger charge is -2.29. The molecule has 1 aromatic rings. The van der Waals surface area contributed by atoms with Crippen molar-refractivity contribution in [2.75, 3.05) is 34.4 Å². The number of rotatable bonds is 2. The van der Waals surface area contributed by atoms with Crippen molar-refractivity contribution in [3.05, 3.63) is 24.3 Å². The molecule has 3 fully saturated rings. The van der Waals surface area contributed by atoms with Crippen LogP contribution in [0, 0.1) is 5.92 Å². The number of hydrogen-bond acceptors (Lipinski definition) is 4. The zero-order valence-electron chi connectivity index (χ0n) is 13.1. The molecule has 0 unspecified atom stereocenters. The second-order valence-corrected chi connectivity index (χ2v) is 9.09. The van der Waals surface area contributed by atoms with E-state index in [4.69, 9.17) is 0 Å². The van der Waals surface area contributed by atoms with Gasteiger partial charge in [-0.3, -0.25) is 4.79 Å². The minimum absolute atomic E-state index is 0.0331. The molecule has 2 atom stereocenters. The Morgan fingerprint density at radius 1 is 0.913 bits per heavy atom. The van der Waals surface area contributed by atoms with Gasteiger partial charge in [0.1, 0.15) is 0 Å². The summed E-state index contributed by atoms with van der Waals surface area (Å²) in [6.07, 6.45) is 4.12. The summed E-state index contributed by atoms with van der Waals surface area (Å²) in [6.45, 7) is 2.18. The molecule has 0 N–H and O–H groups in total. The van der Waals surface area contributed by atoms with E-state index in [1.807, 2.05) is 12.1 Å². The summed E-state index contributed by atoms with van der Waals surface area (Å²) in [6, 6.07) is 7.88. The topological polar surface area (TPSA) is 57.7 Å². The van der Waals surface area contributed by atoms with Gasteiger partial charge in [0.2, 0.25) is 5.91 Å². The SMILES string of the molecule is O=C1C[C@H]2CS(=O)(=O)C[C@H]2N1c1ccc(N2CCCCC2)cc1. The number of hydrogen-bond donors (Lipinski definition) is 0. The van der Waals surface area contributed by atoms with Crippen molar-refractivity contribution < 1.29 is 13.2 Å². The van der Waals surface area contributed by atoms with E-state index in [1.165, 1.54) is 24.9 Å². The minimum atomic E-state index is -3.00. The predicted octanol–water partition coefficient (Wildman–Crippen LogP) is 1.83. The molecule has 23 heavy (non-hydrogen) atoms. The van der Waals surface area contributed by atoms with Crippen LogP contribution in [0.5, 0.6) is 0 Å². The normalized spacial score (nSPS) is 29.8. The Balaban J connectivity index is 1.56. The highest BCUT2D eigenvalue weighted by molar-refractivity contribution is 7.91. The fraction of sp³-hybridized carbons (Fsp3) is 0.588. The van der Waals surface area contributed by atoms with Gasteiger partial charge in [-0.2, -0.15) is 0 Å². The average Bonchev–Trinajstić information content (AvgIpc) is 2.98. The first-order valence-electron chi connectivity index (χ1n) is 8.41. The van der Waals surface area contributed by atoms with Gasteiger partial charge in [-0.1, -0.05) is 0 Å². The van der Waals surface area contributed by atoms with Crippen molar-refractivity contribution in [3.63, 3.8) is 0 Å². The fourth-order valence-electron chi connectivity index (χ4n) is 4.20. The van der Waals surface area contributed by atoms with Gasteiger partial charge in [-0.05, 0) is 43.5 Å². The van der Waals surface area contributed by atoms with E-state index in [0.29, 0.717) is 6.42 Å². The molecule has 3 saturated heterocycles. The zero-order valence-corrected chi connectivity index (χ0v) is 14.0. The summed E-state index contributed by atoms with van der Waals surface area (Å²) < 4.78 is 23.7. The van der Waals surface area contributed by atoms with E-state index in [0.717, 1.165) is 18.8 Å². The summed E-state index contributed by atoms with van der Waals surface area (Å²) in [4.78, 5) is 16.4. The lowest BCUT2D eigenvalue weighted by Crippen LogP contribution is -2.36. The predicted molar refractivity (Wildman–Crippen MR) is 90.5 cm³/mol. The summed E-state index contributed by atoms with van der Waals surface area (Å²) in [5, 5.41) is 0. The number of carbonyl (C=O) groups excluding carboxylic acids is 1. The van der Waals surface area contributed by atoms with Crippen LogP contribution >= 0.6 is 0 Å². The van der Waals surface area contributed by atoms with Gasteiger partial charge in [0.15, 0.2) is 9.84 Å². The number of carbonyl (C=O) groups is 1. The Bertz CT molecular complexity index is 708. The van der Waals surface area contributed by atoms with Gasteiger partial charge in [0, 0.05) is 36.8 Å². The lowest BCUT2D eigenvalue weighted by atomic mass is 10.0. The molecule has 1 aromatic carbocycles. The minimum Gasteiger partial charge on any atom is -0.372 e. The van der Waals surface area contributed by atoms with Gasteiger partial charge in [0.05, 0.1) is 17.5 Å². The molecule has 3 aliphatic heterocycles. The van der Waals surface area contributed by atoms with Crippen LogP contribution in [0.2, 0.25) is 0 Å². The smallest absolute Gasteiger partial charge is 0.227 e. The molecular formula is C17H22N2O3S. The van der Waals surface area contributed by atoms with Crippen LogP contribution in [0.25, 0.3) is 0 Å². The molecule has 0 aliphatic carbocycles. The molecule has 3 aliphatic rings. The maximum absolute atomic E-state index is 12.3. The highest BCUT2D eigenvalue weighted by Gasteiger charge is 2.49. The Morgan fingerprint density at radius 2 is 1.57 bits per heavy atom. The number of sulfone groups is 1. The van der Waals surface area contributed by atoms with Crippen LogP contribution in [-0.2, 0) is 14.6 Å². The number of fused-ring (bicyclic) bond motifs is 1. The van der Waals surface area contributed by atoms with Crippen LogP contribution < -0.4 is 9.80 Å². The third-order valence-corrected chi connectivity index (χ3v) is 7.11. The lowest BCUT2D eigenvalue weighted by molar-refractivity contribution is -0.117.